The molecule has 1 fully saturated rings. The number of carbonyl (C=O) groups excluding carboxylic acids is 1. The largest absolute Gasteiger partial charge is 0.375 e. The van der Waals surface area contributed by atoms with Crippen LogP contribution in [0.3, 0.4) is 0 Å². The van der Waals surface area contributed by atoms with Gasteiger partial charge in [-0.15, -0.1) is 0 Å². The van der Waals surface area contributed by atoms with Crippen molar-refractivity contribution in [1.82, 2.24) is 10.6 Å². The predicted molar refractivity (Wildman–Crippen MR) is 72.3 cm³/mol. The van der Waals surface area contributed by atoms with Gasteiger partial charge in [-0.05, 0) is 18.4 Å². The number of piperidine rings is 1. The molecule has 1 saturated heterocycles. The van der Waals surface area contributed by atoms with E-state index >= 15 is 0 Å². The molecule has 4 N–H and O–H groups in total. The van der Waals surface area contributed by atoms with Gasteiger partial charge in [0.1, 0.15) is 0 Å². The van der Waals surface area contributed by atoms with Crippen LogP contribution in [0.1, 0.15) is 33.6 Å². The van der Waals surface area contributed by atoms with Crippen molar-refractivity contribution in [2.75, 3.05) is 26.2 Å². The van der Waals surface area contributed by atoms with Gasteiger partial charge in [0.25, 0.3) is 0 Å². The lowest BCUT2D eigenvalue weighted by Crippen LogP contribution is -2.50. The molecule has 18 heavy (non-hydrogen) atoms. The van der Waals surface area contributed by atoms with Gasteiger partial charge in [-0.25, -0.2) is 0 Å². The fourth-order valence-corrected chi connectivity index (χ4v) is 2.01. The third kappa shape index (κ3) is 6.33. The molecule has 5 nitrogen and oxygen atoms in total. The summed E-state index contributed by atoms with van der Waals surface area (Å²) in [6.45, 7) is 9.01. The Kier molecular flexibility index (Phi) is 6.05. The molecule has 0 aromatic rings. The predicted octanol–water partition coefficient (Wildman–Crippen LogP) is 0.245. The molecule has 0 radical (unpaired) electrons. The summed E-state index contributed by atoms with van der Waals surface area (Å²) in [4.78, 5) is 11.6. The van der Waals surface area contributed by atoms with Crippen LogP contribution in [0.2, 0.25) is 0 Å². The molecule has 5 heteroatoms. The molecule has 1 rings (SSSR count). The van der Waals surface area contributed by atoms with Gasteiger partial charge in [-0.2, -0.15) is 0 Å². The van der Waals surface area contributed by atoms with Crippen LogP contribution in [0.5, 0.6) is 0 Å². The molecule has 0 aromatic heterocycles. The van der Waals surface area contributed by atoms with Gasteiger partial charge < -0.3 is 21.1 Å². The second-order valence-electron chi connectivity index (χ2n) is 6.15. The fraction of sp³-hybridized carbons (Fsp3) is 0.923. The van der Waals surface area contributed by atoms with Crippen LogP contribution < -0.4 is 16.4 Å². The molecule has 0 aromatic carbocycles. The Bertz CT molecular complexity index is 263. The lowest BCUT2D eigenvalue weighted by atomic mass is 9.92. The van der Waals surface area contributed by atoms with Gasteiger partial charge in [0.2, 0.25) is 5.91 Å². The summed E-state index contributed by atoms with van der Waals surface area (Å²) >= 11 is 0. The van der Waals surface area contributed by atoms with Crippen molar-refractivity contribution in [1.29, 1.82) is 0 Å². The van der Waals surface area contributed by atoms with Crippen LogP contribution in [-0.4, -0.2) is 44.3 Å². The Hall–Kier alpha value is -0.650. The minimum absolute atomic E-state index is 0.0301. The Balaban J connectivity index is 2.09. The molecule has 0 spiro atoms. The van der Waals surface area contributed by atoms with Crippen LogP contribution in [0.25, 0.3) is 0 Å². The zero-order chi connectivity index (χ0) is 13.6. The number of nitrogens with two attached hydrogens (primary N) is 1. The SMILES string of the molecule is CC(C)(C)CC(=O)NCCOC1CCNCC1N. The van der Waals surface area contributed by atoms with Gasteiger partial charge in [0.15, 0.2) is 0 Å². The second-order valence-corrected chi connectivity index (χ2v) is 6.15. The molecular formula is C13H27N3O2. The Morgan fingerprint density at radius 1 is 1.50 bits per heavy atom. The summed E-state index contributed by atoms with van der Waals surface area (Å²) in [6, 6.07) is 0.0593. The lowest BCUT2D eigenvalue weighted by molar-refractivity contribution is -0.123. The highest BCUT2D eigenvalue weighted by molar-refractivity contribution is 5.76. The molecule has 2 unspecified atom stereocenters. The number of rotatable bonds is 5. The average molecular weight is 257 g/mol. The van der Waals surface area contributed by atoms with Crippen LogP contribution >= 0.6 is 0 Å². The quantitative estimate of drug-likeness (QED) is 0.617. The third-order valence-electron chi connectivity index (χ3n) is 2.91. The molecule has 0 aliphatic carbocycles. The van der Waals surface area contributed by atoms with Crippen molar-refractivity contribution in [2.24, 2.45) is 11.1 Å². The van der Waals surface area contributed by atoms with E-state index in [9.17, 15) is 4.79 Å². The fourth-order valence-electron chi connectivity index (χ4n) is 2.01. The van der Waals surface area contributed by atoms with E-state index in [1.54, 1.807) is 0 Å². The van der Waals surface area contributed by atoms with Crippen molar-refractivity contribution in [3.8, 4) is 0 Å². The Morgan fingerprint density at radius 2 is 2.22 bits per heavy atom. The highest BCUT2D eigenvalue weighted by Gasteiger charge is 2.22. The van der Waals surface area contributed by atoms with Gasteiger partial charge in [0, 0.05) is 25.6 Å². The van der Waals surface area contributed by atoms with E-state index in [-0.39, 0.29) is 23.5 Å². The molecule has 1 aliphatic heterocycles. The van der Waals surface area contributed by atoms with Gasteiger partial charge in [-0.3, -0.25) is 4.79 Å². The Labute approximate surface area is 110 Å². The molecule has 0 bridgehead atoms. The number of nitrogens with one attached hydrogen (secondary N) is 2. The number of hydrogen-bond donors (Lipinski definition) is 3. The number of amides is 1. The summed E-state index contributed by atoms with van der Waals surface area (Å²) in [5.41, 5.74) is 5.96. The highest BCUT2D eigenvalue weighted by atomic mass is 16.5. The summed E-state index contributed by atoms with van der Waals surface area (Å²) in [7, 11) is 0. The summed E-state index contributed by atoms with van der Waals surface area (Å²) in [5.74, 6) is 0.0840. The molecule has 106 valence electrons. The monoisotopic (exact) mass is 257 g/mol. The number of carbonyl (C=O) groups is 1. The van der Waals surface area contributed by atoms with E-state index in [0.717, 1.165) is 19.5 Å². The maximum Gasteiger partial charge on any atom is 0.220 e. The van der Waals surface area contributed by atoms with Crippen LogP contribution in [0.15, 0.2) is 0 Å². The molecule has 1 amide bonds. The summed E-state index contributed by atoms with van der Waals surface area (Å²) < 4.78 is 5.70. The first kappa shape index (κ1) is 15.4. The van der Waals surface area contributed by atoms with E-state index in [1.165, 1.54) is 0 Å². The molecule has 0 saturated carbocycles. The summed E-state index contributed by atoms with van der Waals surface area (Å²) in [6.07, 6.45) is 1.60. The zero-order valence-electron chi connectivity index (χ0n) is 11.8. The maximum atomic E-state index is 11.6. The minimum atomic E-state index is 0.0301. The second kappa shape index (κ2) is 7.07. The maximum absolute atomic E-state index is 11.6. The topological polar surface area (TPSA) is 76.4 Å². The van der Waals surface area contributed by atoms with Crippen molar-refractivity contribution < 1.29 is 9.53 Å². The first-order valence-corrected chi connectivity index (χ1v) is 6.73. The number of hydrogen-bond acceptors (Lipinski definition) is 4. The van der Waals surface area contributed by atoms with Crippen LogP contribution in [0, 0.1) is 5.41 Å². The van der Waals surface area contributed by atoms with E-state index in [0.29, 0.717) is 19.6 Å². The van der Waals surface area contributed by atoms with Crippen LogP contribution in [0.4, 0.5) is 0 Å². The lowest BCUT2D eigenvalue weighted by Gasteiger charge is -2.29. The first-order valence-electron chi connectivity index (χ1n) is 6.73. The first-order chi connectivity index (χ1) is 8.38. The highest BCUT2D eigenvalue weighted by Crippen LogP contribution is 2.17. The molecule has 2 atom stereocenters. The standard InChI is InChI=1S/C13H27N3O2/c1-13(2,3)8-12(17)16-6-7-18-11-4-5-15-9-10(11)14/h10-11,15H,4-9,14H2,1-3H3,(H,16,17). The van der Waals surface area contributed by atoms with E-state index < -0.39 is 0 Å². The van der Waals surface area contributed by atoms with E-state index in [1.807, 2.05) is 0 Å². The smallest absolute Gasteiger partial charge is 0.220 e. The van der Waals surface area contributed by atoms with Crippen molar-refractivity contribution in [3.05, 3.63) is 0 Å². The minimum Gasteiger partial charge on any atom is -0.375 e. The van der Waals surface area contributed by atoms with E-state index in [4.69, 9.17) is 10.5 Å². The van der Waals surface area contributed by atoms with E-state index in [2.05, 4.69) is 31.4 Å². The van der Waals surface area contributed by atoms with Gasteiger partial charge in [-0.1, -0.05) is 20.8 Å². The van der Waals surface area contributed by atoms with Gasteiger partial charge >= 0.3 is 0 Å². The Morgan fingerprint density at radius 3 is 2.83 bits per heavy atom. The summed E-state index contributed by atoms with van der Waals surface area (Å²) in [5, 5.41) is 6.10. The molecular weight excluding hydrogens is 230 g/mol. The van der Waals surface area contributed by atoms with Gasteiger partial charge in [0.05, 0.1) is 12.7 Å². The van der Waals surface area contributed by atoms with Crippen molar-refractivity contribution >= 4 is 5.91 Å². The van der Waals surface area contributed by atoms with Crippen molar-refractivity contribution in [3.63, 3.8) is 0 Å². The molecule has 1 heterocycles. The number of ether oxygens (including phenoxy) is 1. The van der Waals surface area contributed by atoms with Crippen molar-refractivity contribution in [2.45, 2.75) is 45.8 Å². The zero-order valence-corrected chi connectivity index (χ0v) is 11.8. The average Bonchev–Trinajstić information content (AvgIpc) is 2.24. The normalized spacial score (nSPS) is 24.9. The molecule has 1 aliphatic rings. The van der Waals surface area contributed by atoms with Crippen LogP contribution in [-0.2, 0) is 9.53 Å². The third-order valence-corrected chi connectivity index (χ3v) is 2.91.